The maximum Gasteiger partial charge on any atom is 0.306 e. The van der Waals surface area contributed by atoms with Gasteiger partial charge < -0.3 is 9.84 Å². The van der Waals surface area contributed by atoms with Crippen molar-refractivity contribution in [3.63, 3.8) is 0 Å². The monoisotopic (exact) mass is 552 g/mol. The van der Waals surface area contributed by atoms with Gasteiger partial charge in [-0.1, -0.05) is 117 Å². The number of esters is 1. The average molecular weight is 553 g/mol. The third-order valence-electron chi connectivity index (χ3n) is 7.74. The number of carboxylic acid groups (broad SMARTS) is 1. The van der Waals surface area contributed by atoms with Crippen LogP contribution in [0, 0.1) is 0 Å². The van der Waals surface area contributed by atoms with Crippen LogP contribution in [0.3, 0.4) is 0 Å². The van der Waals surface area contributed by atoms with E-state index in [-0.39, 0.29) is 18.5 Å². The second kappa shape index (κ2) is 29.6. The van der Waals surface area contributed by atoms with Crippen molar-refractivity contribution in [3.8, 4) is 0 Å². The summed E-state index contributed by atoms with van der Waals surface area (Å²) in [6.07, 6.45) is 29.1. The van der Waals surface area contributed by atoms with Gasteiger partial charge in [-0.05, 0) is 51.4 Å². The highest BCUT2D eigenvalue weighted by Gasteiger charge is 2.14. The number of hydrogen-bond acceptors (Lipinski definition) is 4. The molecule has 0 unspecified atom stereocenters. The van der Waals surface area contributed by atoms with Crippen LogP contribution in [0.25, 0.3) is 0 Å². The molecular weight excluding hydrogens is 488 g/mol. The molecule has 0 radical (unpaired) electrons. The van der Waals surface area contributed by atoms with Crippen molar-refractivity contribution in [2.45, 2.75) is 200 Å². The van der Waals surface area contributed by atoms with Gasteiger partial charge in [-0.3, -0.25) is 14.4 Å². The van der Waals surface area contributed by atoms with E-state index in [1.54, 1.807) is 0 Å². The predicted octanol–water partition coefficient (Wildman–Crippen LogP) is 10.5. The van der Waals surface area contributed by atoms with Crippen LogP contribution in [-0.2, 0) is 19.1 Å². The number of hydrogen-bond donors (Lipinski definition) is 1. The number of carboxylic acids is 1. The zero-order chi connectivity index (χ0) is 28.8. The van der Waals surface area contributed by atoms with Gasteiger partial charge in [0.05, 0.1) is 0 Å². The van der Waals surface area contributed by atoms with E-state index in [1.807, 2.05) is 0 Å². The molecule has 0 amide bonds. The normalized spacial score (nSPS) is 11.3. The summed E-state index contributed by atoms with van der Waals surface area (Å²) in [7, 11) is 0. The second-order valence-corrected chi connectivity index (χ2v) is 11.7. The summed E-state index contributed by atoms with van der Waals surface area (Å²) >= 11 is 0. The fraction of sp³-hybridized carbons (Fsp3) is 0.912. The number of carbonyl (C=O) groups is 3. The number of ketones is 1. The van der Waals surface area contributed by atoms with Crippen molar-refractivity contribution in [2.75, 3.05) is 0 Å². The molecule has 0 saturated carbocycles. The lowest BCUT2D eigenvalue weighted by Crippen LogP contribution is -2.18. The SMILES string of the molecule is CCCCCCCCC(CCCCCCCC)OC(=O)CCCCCCCC(=O)CCCCCCCC(=O)O. The van der Waals surface area contributed by atoms with Crippen LogP contribution in [0.5, 0.6) is 0 Å². The molecule has 1 N–H and O–H groups in total. The molecule has 0 aliphatic heterocycles. The van der Waals surface area contributed by atoms with E-state index in [4.69, 9.17) is 9.84 Å². The summed E-state index contributed by atoms with van der Waals surface area (Å²) in [4.78, 5) is 35.0. The first kappa shape index (κ1) is 37.6. The average Bonchev–Trinajstić information content (AvgIpc) is 2.91. The molecule has 0 fully saturated rings. The fourth-order valence-electron chi connectivity index (χ4n) is 5.19. The molecule has 0 aliphatic rings. The highest BCUT2D eigenvalue weighted by atomic mass is 16.5. The summed E-state index contributed by atoms with van der Waals surface area (Å²) in [5.74, 6) is -0.391. The molecule has 0 saturated heterocycles. The second-order valence-electron chi connectivity index (χ2n) is 11.7. The lowest BCUT2D eigenvalue weighted by atomic mass is 10.0. The van der Waals surface area contributed by atoms with Gasteiger partial charge in [0.2, 0.25) is 0 Å². The van der Waals surface area contributed by atoms with Gasteiger partial charge in [-0.15, -0.1) is 0 Å². The van der Waals surface area contributed by atoms with Crippen LogP contribution in [0.15, 0.2) is 0 Å². The summed E-state index contributed by atoms with van der Waals surface area (Å²) in [5, 5.41) is 8.63. The summed E-state index contributed by atoms with van der Waals surface area (Å²) in [6.45, 7) is 4.50. The van der Waals surface area contributed by atoms with E-state index in [9.17, 15) is 14.4 Å². The van der Waals surface area contributed by atoms with E-state index in [2.05, 4.69) is 13.8 Å². The molecule has 0 aromatic heterocycles. The Morgan fingerprint density at radius 1 is 0.487 bits per heavy atom. The summed E-state index contributed by atoms with van der Waals surface area (Å²) < 4.78 is 5.93. The zero-order valence-corrected chi connectivity index (χ0v) is 26.0. The van der Waals surface area contributed by atoms with Gasteiger partial charge in [0, 0.05) is 25.7 Å². The Bertz CT molecular complexity index is 558. The van der Waals surface area contributed by atoms with Crippen LogP contribution < -0.4 is 0 Å². The molecule has 0 bridgehead atoms. The first-order valence-electron chi connectivity index (χ1n) is 16.9. The Morgan fingerprint density at radius 3 is 1.28 bits per heavy atom. The number of Topliss-reactive ketones (excluding diaryl/α,β-unsaturated/α-hetero) is 1. The Balaban J connectivity index is 3.88. The summed E-state index contributed by atoms with van der Waals surface area (Å²) in [6, 6.07) is 0. The van der Waals surface area contributed by atoms with E-state index in [1.165, 1.54) is 77.0 Å². The molecule has 0 heterocycles. The maximum absolute atomic E-state index is 12.5. The first-order valence-corrected chi connectivity index (χ1v) is 16.9. The van der Waals surface area contributed by atoms with Gasteiger partial charge >= 0.3 is 11.9 Å². The minimum Gasteiger partial charge on any atom is -0.481 e. The number of rotatable bonds is 31. The van der Waals surface area contributed by atoms with Gasteiger partial charge in [0.1, 0.15) is 11.9 Å². The van der Waals surface area contributed by atoms with Crippen LogP contribution >= 0.6 is 0 Å². The molecule has 0 spiro atoms. The van der Waals surface area contributed by atoms with E-state index < -0.39 is 5.97 Å². The van der Waals surface area contributed by atoms with Crippen molar-refractivity contribution < 1.29 is 24.2 Å². The number of aliphatic carboxylic acids is 1. The Kier molecular flexibility index (Phi) is 28.5. The third-order valence-corrected chi connectivity index (χ3v) is 7.74. The quantitative estimate of drug-likeness (QED) is 0.0683. The van der Waals surface area contributed by atoms with Crippen molar-refractivity contribution >= 4 is 17.7 Å². The lowest BCUT2D eigenvalue weighted by Gasteiger charge is -2.18. The molecule has 5 heteroatoms. The molecule has 39 heavy (non-hydrogen) atoms. The topological polar surface area (TPSA) is 80.7 Å². The highest BCUT2D eigenvalue weighted by Crippen LogP contribution is 2.18. The number of carbonyl (C=O) groups excluding carboxylic acids is 2. The largest absolute Gasteiger partial charge is 0.481 e. The van der Waals surface area contributed by atoms with Crippen LogP contribution in [-0.4, -0.2) is 28.9 Å². The molecule has 0 rings (SSSR count). The minimum atomic E-state index is -0.726. The maximum atomic E-state index is 12.5. The molecule has 5 nitrogen and oxygen atoms in total. The number of unbranched alkanes of at least 4 members (excludes halogenated alkanes) is 18. The van der Waals surface area contributed by atoms with Crippen molar-refractivity contribution in [3.05, 3.63) is 0 Å². The Morgan fingerprint density at radius 2 is 0.846 bits per heavy atom. The Hall–Kier alpha value is -1.39. The van der Waals surface area contributed by atoms with Crippen LogP contribution in [0.2, 0.25) is 0 Å². The van der Waals surface area contributed by atoms with Crippen molar-refractivity contribution in [1.82, 2.24) is 0 Å². The minimum absolute atomic E-state index is 0.0184. The van der Waals surface area contributed by atoms with Gasteiger partial charge in [-0.25, -0.2) is 0 Å². The Labute approximate surface area is 241 Å². The fourth-order valence-corrected chi connectivity index (χ4v) is 5.19. The van der Waals surface area contributed by atoms with Gasteiger partial charge in [-0.2, -0.15) is 0 Å². The van der Waals surface area contributed by atoms with Gasteiger partial charge in [0.25, 0.3) is 0 Å². The molecule has 0 aliphatic carbocycles. The first-order chi connectivity index (χ1) is 19.0. The van der Waals surface area contributed by atoms with E-state index >= 15 is 0 Å². The molecule has 0 aromatic rings. The van der Waals surface area contributed by atoms with Crippen molar-refractivity contribution in [2.24, 2.45) is 0 Å². The molecule has 0 aromatic carbocycles. The van der Waals surface area contributed by atoms with Crippen LogP contribution in [0.1, 0.15) is 194 Å². The smallest absolute Gasteiger partial charge is 0.306 e. The molecular formula is C34H64O5. The van der Waals surface area contributed by atoms with E-state index in [0.29, 0.717) is 25.0 Å². The third kappa shape index (κ3) is 29.4. The predicted molar refractivity (Wildman–Crippen MR) is 163 cm³/mol. The van der Waals surface area contributed by atoms with E-state index in [0.717, 1.165) is 77.0 Å². The van der Waals surface area contributed by atoms with Gasteiger partial charge in [0.15, 0.2) is 0 Å². The molecule has 230 valence electrons. The summed E-state index contributed by atoms with van der Waals surface area (Å²) in [5.41, 5.74) is 0. The standard InChI is InChI=1S/C34H64O5/c1-3-5-7-9-15-21-27-32(28-22-16-10-8-6-4-2)39-34(38)30-24-18-12-14-20-26-31(35)25-19-13-11-17-23-29-33(36)37/h32H,3-30H2,1-2H3,(H,36,37). The number of ether oxygens (including phenoxy) is 1. The highest BCUT2D eigenvalue weighted by molar-refractivity contribution is 5.78. The lowest BCUT2D eigenvalue weighted by molar-refractivity contribution is -0.150. The zero-order valence-electron chi connectivity index (χ0n) is 26.0. The van der Waals surface area contributed by atoms with Crippen LogP contribution in [0.4, 0.5) is 0 Å². The molecule has 0 atom stereocenters. The van der Waals surface area contributed by atoms with Crippen molar-refractivity contribution in [1.29, 1.82) is 0 Å².